The second-order valence-corrected chi connectivity index (χ2v) is 5.51. The summed E-state index contributed by atoms with van der Waals surface area (Å²) in [5.74, 6) is 0. The lowest BCUT2D eigenvalue weighted by atomic mass is 10.1. The highest BCUT2D eigenvalue weighted by Gasteiger charge is 2.15. The zero-order valence-corrected chi connectivity index (χ0v) is 8.54. The minimum atomic E-state index is -1.26. The zero-order valence-electron chi connectivity index (χ0n) is 6.13. The standard InChI is InChI=1S/C6H11Cl2O2P/c7-11(8)10-5-6-3-1-2-4-9-6/h6H,1-5H2. The molecular formula is C6H11Cl2O2P. The van der Waals surface area contributed by atoms with Crippen molar-refractivity contribution in [2.75, 3.05) is 13.2 Å². The summed E-state index contributed by atoms with van der Waals surface area (Å²) in [6.45, 7) is 0.123. The number of hydrogen-bond acceptors (Lipinski definition) is 2. The van der Waals surface area contributed by atoms with Gasteiger partial charge in [-0.2, -0.15) is 0 Å². The van der Waals surface area contributed by atoms with E-state index in [4.69, 9.17) is 31.7 Å². The van der Waals surface area contributed by atoms with Crippen LogP contribution in [0, 0.1) is 0 Å². The molecule has 66 valence electrons. The van der Waals surface area contributed by atoms with Crippen molar-refractivity contribution in [1.29, 1.82) is 0 Å². The molecule has 1 atom stereocenters. The van der Waals surface area contributed by atoms with Crippen LogP contribution in [0.5, 0.6) is 0 Å². The number of hydrogen-bond donors (Lipinski definition) is 0. The summed E-state index contributed by atoms with van der Waals surface area (Å²) in [6.07, 6.45) is 3.66. The molecule has 0 bridgehead atoms. The maximum Gasteiger partial charge on any atom is 0.225 e. The van der Waals surface area contributed by atoms with Crippen LogP contribution < -0.4 is 0 Å². The Labute approximate surface area is 77.6 Å². The Kier molecular flexibility index (Phi) is 5.06. The molecule has 0 N–H and O–H groups in total. The average molecular weight is 217 g/mol. The van der Waals surface area contributed by atoms with Gasteiger partial charge in [0.05, 0.1) is 12.7 Å². The van der Waals surface area contributed by atoms with E-state index < -0.39 is 6.85 Å². The summed E-state index contributed by atoms with van der Waals surface area (Å²) >= 11 is 10.9. The van der Waals surface area contributed by atoms with E-state index in [2.05, 4.69) is 0 Å². The van der Waals surface area contributed by atoms with E-state index in [1.807, 2.05) is 0 Å². The van der Waals surface area contributed by atoms with E-state index >= 15 is 0 Å². The van der Waals surface area contributed by atoms with Crippen LogP contribution in [0.15, 0.2) is 0 Å². The monoisotopic (exact) mass is 216 g/mol. The van der Waals surface area contributed by atoms with Crippen LogP contribution in [0.4, 0.5) is 0 Å². The minimum absolute atomic E-state index is 0.214. The van der Waals surface area contributed by atoms with Crippen molar-refractivity contribution in [3.05, 3.63) is 0 Å². The molecule has 2 nitrogen and oxygen atoms in total. The van der Waals surface area contributed by atoms with Crippen LogP contribution in [0.1, 0.15) is 19.3 Å². The van der Waals surface area contributed by atoms with E-state index in [0.717, 1.165) is 19.4 Å². The molecule has 1 saturated heterocycles. The fourth-order valence-corrected chi connectivity index (χ4v) is 1.70. The van der Waals surface area contributed by atoms with Gasteiger partial charge in [0.2, 0.25) is 6.85 Å². The fourth-order valence-electron chi connectivity index (χ4n) is 1.08. The van der Waals surface area contributed by atoms with Gasteiger partial charge >= 0.3 is 0 Å². The minimum Gasteiger partial charge on any atom is -0.376 e. The van der Waals surface area contributed by atoms with Crippen molar-refractivity contribution in [1.82, 2.24) is 0 Å². The van der Waals surface area contributed by atoms with E-state index in [1.54, 1.807) is 0 Å². The molecule has 0 aromatic heterocycles. The molecule has 11 heavy (non-hydrogen) atoms. The predicted molar refractivity (Wildman–Crippen MR) is 48.2 cm³/mol. The third-order valence-corrected chi connectivity index (χ3v) is 2.56. The van der Waals surface area contributed by atoms with Gasteiger partial charge in [0, 0.05) is 6.61 Å². The normalized spacial score (nSPS) is 25.9. The summed E-state index contributed by atoms with van der Waals surface area (Å²) in [7, 11) is 0. The van der Waals surface area contributed by atoms with Gasteiger partial charge in [-0.05, 0) is 41.7 Å². The van der Waals surface area contributed by atoms with E-state index in [0.29, 0.717) is 6.61 Å². The van der Waals surface area contributed by atoms with Crippen LogP contribution in [0.2, 0.25) is 0 Å². The first-order valence-corrected chi connectivity index (χ1v) is 6.72. The molecule has 0 aliphatic carbocycles. The van der Waals surface area contributed by atoms with Gasteiger partial charge in [-0.1, -0.05) is 0 Å². The Morgan fingerprint density at radius 1 is 1.45 bits per heavy atom. The zero-order chi connectivity index (χ0) is 8.10. The van der Waals surface area contributed by atoms with E-state index in [9.17, 15) is 0 Å². The Balaban J connectivity index is 2.05. The molecule has 1 aliphatic heterocycles. The molecule has 1 rings (SSSR count). The molecule has 1 unspecified atom stereocenters. The van der Waals surface area contributed by atoms with Crippen molar-refractivity contribution in [2.24, 2.45) is 0 Å². The summed E-state index contributed by atoms with van der Waals surface area (Å²) in [5.41, 5.74) is 0. The van der Waals surface area contributed by atoms with Gasteiger partial charge in [0.25, 0.3) is 0 Å². The molecule has 0 aromatic carbocycles. The first-order valence-electron chi connectivity index (χ1n) is 3.65. The molecule has 0 spiro atoms. The van der Waals surface area contributed by atoms with Crippen LogP contribution in [-0.2, 0) is 9.26 Å². The maximum absolute atomic E-state index is 5.45. The second-order valence-electron chi connectivity index (χ2n) is 2.49. The Bertz CT molecular complexity index is 107. The van der Waals surface area contributed by atoms with Crippen molar-refractivity contribution >= 4 is 29.3 Å². The Morgan fingerprint density at radius 3 is 2.82 bits per heavy atom. The molecule has 0 saturated carbocycles. The van der Waals surface area contributed by atoms with Gasteiger partial charge in [0.15, 0.2) is 0 Å². The van der Waals surface area contributed by atoms with Gasteiger partial charge in [-0.15, -0.1) is 0 Å². The van der Waals surface area contributed by atoms with Gasteiger partial charge < -0.3 is 9.26 Å². The Hall–Kier alpha value is 0.930. The van der Waals surface area contributed by atoms with Crippen LogP contribution in [-0.4, -0.2) is 19.3 Å². The molecule has 1 aliphatic rings. The van der Waals surface area contributed by atoms with Crippen molar-refractivity contribution in [2.45, 2.75) is 25.4 Å². The highest BCUT2D eigenvalue weighted by molar-refractivity contribution is 8.00. The van der Waals surface area contributed by atoms with Crippen molar-refractivity contribution in [3.63, 3.8) is 0 Å². The lowest BCUT2D eigenvalue weighted by Crippen LogP contribution is -2.23. The molecular weight excluding hydrogens is 206 g/mol. The topological polar surface area (TPSA) is 18.5 Å². The summed E-state index contributed by atoms with van der Waals surface area (Å²) in [5, 5.41) is 0. The quantitative estimate of drug-likeness (QED) is 0.675. The lowest BCUT2D eigenvalue weighted by Gasteiger charge is -2.22. The molecule has 0 amide bonds. The summed E-state index contributed by atoms with van der Waals surface area (Å²) in [6, 6.07) is 0. The molecule has 1 fully saturated rings. The van der Waals surface area contributed by atoms with Gasteiger partial charge in [-0.25, -0.2) is 0 Å². The second kappa shape index (κ2) is 5.55. The summed E-state index contributed by atoms with van der Waals surface area (Å²) in [4.78, 5) is 0. The highest BCUT2D eigenvalue weighted by Crippen LogP contribution is 2.47. The van der Waals surface area contributed by atoms with Crippen LogP contribution in [0.25, 0.3) is 0 Å². The van der Waals surface area contributed by atoms with Crippen molar-refractivity contribution < 1.29 is 9.26 Å². The highest BCUT2D eigenvalue weighted by atomic mass is 35.9. The molecule has 1 heterocycles. The van der Waals surface area contributed by atoms with E-state index in [-0.39, 0.29) is 6.10 Å². The SMILES string of the molecule is ClP(Cl)OCC1CCCCO1. The smallest absolute Gasteiger partial charge is 0.225 e. The molecule has 5 heteroatoms. The van der Waals surface area contributed by atoms with Crippen LogP contribution in [0.3, 0.4) is 0 Å². The third-order valence-electron chi connectivity index (χ3n) is 1.63. The van der Waals surface area contributed by atoms with Crippen molar-refractivity contribution in [3.8, 4) is 0 Å². The molecule has 0 radical (unpaired) electrons. The lowest BCUT2D eigenvalue weighted by molar-refractivity contribution is -0.00787. The van der Waals surface area contributed by atoms with Gasteiger partial charge in [-0.3, -0.25) is 0 Å². The first-order chi connectivity index (χ1) is 5.29. The fraction of sp³-hybridized carbons (Fsp3) is 1.00. The van der Waals surface area contributed by atoms with Crippen LogP contribution >= 0.6 is 29.3 Å². The first kappa shape index (κ1) is 10.0. The number of ether oxygens (including phenoxy) is 1. The molecule has 0 aromatic rings. The largest absolute Gasteiger partial charge is 0.376 e. The van der Waals surface area contributed by atoms with Gasteiger partial charge in [0.1, 0.15) is 0 Å². The summed E-state index contributed by atoms with van der Waals surface area (Å²) < 4.78 is 10.4. The van der Waals surface area contributed by atoms with E-state index in [1.165, 1.54) is 6.42 Å². The number of halogens is 2. The average Bonchev–Trinajstić information content (AvgIpc) is 2.03. The maximum atomic E-state index is 5.45. The number of rotatable bonds is 3. The Morgan fingerprint density at radius 2 is 2.27 bits per heavy atom. The predicted octanol–water partition coefficient (Wildman–Crippen LogP) is 3.28. The third kappa shape index (κ3) is 4.49.